The average Bonchev–Trinajstić information content (AvgIpc) is 3.36. The van der Waals surface area contributed by atoms with Gasteiger partial charge < -0.3 is 10.4 Å². The van der Waals surface area contributed by atoms with Crippen LogP contribution in [-0.2, 0) is 16.8 Å². The molecule has 140 valence electrons. The number of thiophene rings is 1. The van der Waals surface area contributed by atoms with E-state index in [2.05, 4.69) is 15.6 Å². The third-order valence-corrected chi connectivity index (χ3v) is 5.42. The van der Waals surface area contributed by atoms with E-state index < -0.39 is 17.3 Å². The second-order valence-electron chi connectivity index (χ2n) is 6.17. The van der Waals surface area contributed by atoms with E-state index in [0.717, 1.165) is 4.88 Å². The minimum atomic E-state index is -1.19. The van der Waals surface area contributed by atoms with E-state index in [9.17, 15) is 14.7 Å². The smallest absolute Gasteiger partial charge is 0.315 e. The van der Waals surface area contributed by atoms with Crippen LogP contribution in [0.5, 0.6) is 0 Å². The Bertz CT molecular complexity index is 908. The van der Waals surface area contributed by atoms with Gasteiger partial charge >= 0.3 is 5.97 Å². The molecule has 1 aromatic carbocycles. The fourth-order valence-electron chi connectivity index (χ4n) is 2.90. The maximum atomic E-state index is 12.5. The highest BCUT2D eigenvalue weighted by atomic mass is 32.1. The number of nitrogens with zero attached hydrogens (tertiary/aromatic N) is 3. The Hall–Kier alpha value is -3.00. The molecule has 1 unspecified atom stereocenters. The molecule has 2 N–H and O–H groups in total. The molecule has 2 heterocycles. The summed E-state index contributed by atoms with van der Waals surface area (Å²) in [4.78, 5) is 25.6. The second-order valence-corrected chi connectivity index (χ2v) is 7.20. The summed E-state index contributed by atoms with van der Waals surface area (Å²) in [6.07, 6.45) is 1.91. The number of aromatic nitrogens is 3. The van der Waals surface area contributed by atoms with Crippen molar-refractivity contribution in [2.24, 2.45) is 0 Å². The molecule has 0 fully saturated rings. The molecule has 3 aromatic rings. The summed E-state index contributed by atoms with van der Waals surface area (Å²) in [7, 11) is 0. The first-order valence-electron chi connectivity index (χ1n) is 8.55. The first-order chi connectivity index (χ1) is 13.0. The summed E-state index contributed by atoms with van der Waals surface area (Å²) < 4.78 is 1.59. The topological polar surface area (TPSA) is 97.1 Å². The lowest BCUT2D eigenvalue weighted by Crippen LogP contribution is -2.46. The molecule has 0 aliphatic carbocycles. The Morgan fingerprint density at radius 2 is 2.00 bits per heavy atom. The van der Waals surface area contributed by atoms with Gasteiger partial charge in [0.15, 0.2) is 5.69 Å². The number of hydrogen-bond donors (Lipinski definition) is 2. The van der Waals surface area contributed by atoms with Gasteiger partial charge in [0.05, 0.1) is 12.7 Å². The largest absolute Gasteiger partial charge is 0.481 e. The molecule has 1 amide bonds. The Balaban J connectivity index is 1.71. The maximum absolute atomic E-state index is 12.5. The molecule has 0 aliphatic rings. The van der Waals surface area contributed by atoms with Gasteiger partial charge in [0, 0.05) is 11.4 Å². The van der Waals surface area contributed by atoms with Crippen molar-refractivity contribution in [3.63, 3.8) is 0 Å². The number of carbonyl (C=O) groups excluding carboxylic acids is 1. The third-order valence-electron chi connectivity index (χ3n) is 4.56. The Morgan fingerprint density at radius 3 is 2.63 bits per heavy atom. The zero-order valence-electron chi connectivity index (χ0n) is 14.8. The standard InChI is InChI=1S/C19H20N4O3S/c1-2-19(18(25)26,14-7-4-3-5-8-14)13-20-17(24)16-12-23(22-21-16)11-15-9-6-10-27-15/h3-10,12H,2,11,13H2,1H3,(H,20,24)(H,25,26). The van der Waals surface area contributed by atoms with Crippen LogP contribution < -0.4 is 5.32 Å². The summed E-state index contributed by atoms with van der Waals surface area (Å²) in [6.45, 7) is 2.31. The number of carboxylic acid groups (broad SMARTS) is 1. The number of nitrogens with one attached hydrogen (secondary N) is 1. The highest BCUT2D eigenvalue weighted by Crippen LogP contribution is 2.28. The van der Waals surface area contributed by atoms with Crippen LogP contribution in [0.15, 0.2) is 54.0 Å². The van der Waals surface area contributed by atoms with E-state index in [-0.39, 0.29) is 12.2 Å². The zero-order chi connectivity index (χ0) is 19.3. The van der Waals surface area contributed by atoms with Gasteiger partial charge in [-0.3, -0.25) is 9.59 Å². The van der Waals surface area contributed by atoms with Gasteiger partial charge in [-0.25, -0.2) is 4.68 Å². The lowest BCUT2D eigenvalue weighted by Gasteiger charge is -2.28. The molecule has 2 aromatic heterocycles. The molecule has 8 heteroatoms. The first kappa shape index (κ1) is 18.8. The van der Waals surface area contributed by atoms with Crippen LogP contribution in [0, 0.1) is 0 Å². The number of benzene rings is 1. The molecule has 3 rings (SSSR count). The van der Waals surface area contributed by atoms with Crippen LogP contribution in [0.4, 0.5) is 0 Å². The van der Waals surface area contributed by atoms with Crippen LogP contribution in [0.3, 0.4) is 0 Å². The van der Waals surface area contributed by atoms with Crippen molar-refractivity contribution in [2.45, 2.75) is 25.3 Å². The quantitative estimate of drug-likeness (QED) is 0.622. The van der Waals surface area contributed by atoms with Crippen molar-refractivity contribution in [1.82, 2.24) is 20.3 Å². The second kappa shape index (κ2) is 8.13. The monoisotopic (exact) mass is 384 g/mol. The molecule has 0 bridgehead atoms. The number of amides is 1. The third kappa shape index (κ3) is 4.06. The van der Waals surface area contributed by atoms with Gasteiger partial charge in [-0.15, -0.1) is 16.4 Å². The minimum absolute atomic E-state index is 0.0283. The summed E-state index contributed by atoms with van der Waals surface area (Å²) in [6, 6.07) is 12.9. The van der Waals surface area contributed by atoms with Gasteiger partial charge in [-0.1, -0.05) is 48.5 Å². The van der Waals surface area contributed by atoms with E-state index in [4.69, 9.17) is 0 Å². The predicted molar refractivity (Wildman–Crippen MR) is 102 cm³/mol. The zero-order valence-corrected chi connectivity index (χ0v) is 15.6. The average molecular weight is 384 g/mol. The van der Waals surface area contributed by atoms with Crippen LogP contribution in [-0.4, -0.2) is 38.5 Å². The van der Waals surface area contributed by atoms with Gasteiger partial charge in [-0.05, 0) is 23.4 Å². The number of carbonyl (C=O) groups is 2. The minimum Gasteiger partial charge on any atom is -0.481 e. The molecule has 1 atom stereocenters. The number of aliphatic carboxylic acids is 1. The summed E-state index contributed by atoms with van der Waals surface area (Å²) in [5, 5.41) is 22.4. The SMILES string of the molecule is CCC(CNC(=O)c1cn(Cc2cccs2)nn1)(C(=O)O)c1ccccc1. The Morgan fingerprint density at radius 1 is 1.22 bits per heavy atom. The van der Waals surface area contributed by atoms with Gasteiger partial charge in [0.1, 0.15) is 5.41 Å². The molecule has 27 heavy (non-hydrogen) atoms. The number of hydrogen-bond acceptors (Lipinski definition) is 5. The molecule has 7 nitrogen and oxygen atoms in total. The number of rotatable bonds is 8. The Kier molecular flexibility index (Phi) is 5.66. The normalized spacial score (nSPS) is 13.1. The van der Waals surface area contributed by atoms with Crippen molar-refractivity contribution in [3.8, 4) is 0 Å². The summed E-state index contributed by atoms with van der Waals surface area (Å²) >= 11 is 1.60. The van der Waals surface area contributed by atoms with Crippen molar-refractivity contribution >= 4 is 23.2 Å². The lowest BCUT2D eigenvalue weighted by atomic mass is 9.78. The fourth-order valence-corrected chi connectivity index (χ4v) is 3.60. The predicted octanol–water partition coefficient (Wildman–Crippen LogP) is 2.55. The van der Waals surface area contributed by atoms with Gasteiger partial charge in [0.25, 0.3) is 5.91 Å². The summed E-state index contributed by atoms with van der Waals surface area (Å²) in [5.74, 6) is -1.42. The van der Waals surface area contributed by atoms with Crippen molar-refractivity contribution in [1.29, 1.82) is 0 Å². The van der Waals surface area contributed by atoms with E-state index >= 15 is 0 Å². The van der Waals surface area contributed by atoms with E-state index in [1.54, 1.807) is 53.4 Å². The molecule has 0 saturated carbocycles. The lowest BCUT2D eigenvalue weighted by molar-refractivity contribution is -0.143. The van der Waals surface area contributed by atoms with Crippen molar-refractivity contribution < 1.29 is 14.7 Å². The van der Waals surface area contributed by atoms with Crippen LogP contribution in [0.2, 0.25) is 0 Å². The van der Waals surface area contributed by atoms with Gasteiger partial charge in [-0.2, -0.15) is 0 Å². The highest BCUT2D eigenvalue weighted by molar-refractivity contribution is 7.09. The number of carboxylic acids is 1. The van der Waals surface area contributed by atoms with Crippen LogP contribution in [0.1, 0.15) is 34.3 Å². The van der Waals surface area contributed by atoms with E-state index in [1.165, 1.54) is 0 Å². The molecule has 0 aliphatic heterocycles. The molecule has 0 spiro atoms. The maximum Gasteiger partial charge on any atom is 0.315 e. The molecule has 0 radical (unpaired) electrons. The van der Waals surface area contributed by atoms with Crippen molar-refractivity contribution in [2.75, 3.05) is 6.54 Å². The van der Waals surface area contributed by atoms with E-state index in [1.807, 2.05) is 23.6 Å². The van der Waals surface area contributed by atoms with Crippen LogP contribution in [0.25, 0.3) is 0 Å². The van der Waals surface area contributed by atoms with E-state index in [0.29, 0.717) is 18.5 Å². The summed E-state index contributed by atoms with van der Waals surface area (Å²) in [5.41, 5.74) is -0.374. The molecular weight excluding hydrogens is 364 g/mol. The highest BCUT2D eigenvalue weighted by Gasteiger charge is 2.39. The van der Waals surface area contributed by atoms with Crippen molar-refractivity contribution in [3.05, 3.63) is 70.2 Å². The van der Waals surface area contributed by atoms with Crippen LogP contribution >= 0.6 is 11.3 Å². The molecular formula is C19H20N4O3S. The molecule has 0 saturated heterocycles. The first-order valence-corrected chi connectivity index (χ1v) is 9.43. The fraction of sp³-hybridized carbons (Fsp3) is 0.263. The Labute approximate surface area is 160 Å². The van der Waals surface area contributed by atoms with Gasteiger partial charge in [0.2, 0.25) is 0 Å².